The molecule has 0 bridgehead atoms. The molecule has 0 amide bonds. The van der Waals surface area contributed by atoms with Crippen LogP contribution in [-0.2, 0) is 12.8 Å². The average molecular weight is 283 g/mol. The van der Waals surface area contributed by atoms with E-state index in [0.29, 0.717) is 6.04 Å². The van der Waals surface area contributed by atoms with Crippen molar-refractivity contribution in [3.8, 4) is 0 Å². The molecule has 0 saturated carbocycles. The molecule has 3 heterocycles. The molecule has 5 heteroatoms. The summed E-state index contributed by atoms with van der Waals surface area (Å²) in [6.45, 7) is 2.07. The Kier molecular flexibility index (Phi) is 3.33. The Morgan fingerprint density at radius 1 is 1.10 bits per heavy atom. The summed E-state index contributed by atoms with van der Waals surface area (Å²) in [4.78, 5) is 11.6. The van der Waals surface area contributed by atoms with E-state index in [-0.39, 0.29) is 0 Å². The van der Waals surface area contributed by atoms with Gasteiger partial charge in [-0.1, -0.05) is 6.42 Å². The van der Waals surface area contributed by atoms with E-state index in [4.69, 9.17) is 0 Å². The molecule has 5 nitrogen and oxygen atoms in total. The lowest BCUT2D eigenvalue weighted by atomic mass is 10.1. The zero-order valence-electron chi connectivity index (χ0n) is 12.3. The molecule has 1 saturated heterocycles. The third-order valence-electron chi connectivity index (χ3n) is 4.71. The molecule has 1 fully saturated rings. The number of aryl methyl sites for hydroxylation is 1. The van der Waals surface area contributed by atoms with Crippen LogP contribution in [0.1, 0.15) is 43.0 Å². The summed E-state index contributed by atoms with van der Waals surface area (Å²) in [5.74, 6) is 1.18. The van der Waals surface area contributed by atoms with E-state index in [1.165, 1.54) is 36.3 Å². The number of fused-ring (bicyclic) bond motifs is 1. The Morgan fingerprint density at radius 3 is 2.95 bits per heavy atom. The van der Waals surface area contributed by atoms with Gasteiger partial charge in [-0.3, -0.25) is 4.68 Å². The molecule has 0 radical (unpaired) electrons. The number of anilines is 1. The van der Waals surface area contributed by atoms with E-state index in [1.54, 1.807) is 6.33 Å². The van der Waals surface area contributed by atoms with Crippen LogP contribution in [0.5, 0.6) is 0 Å². The lowest BCUT2D eigenvalue weighted by Gasteiger charge is -2.21. The Bertz CT molecular complexity index is 607. The minimum Gasteiger partial charge on any atom is -0.354 e. The van der Waals surface area contributed by atoms with Crippen molar-refractivity contribution < 1.29 is 0 Å². The van der Waals surface area contributed by atoms with Gasteiger partial charge in [-0.25, -0.2) is 9.97 Å². The fraction of sp³-hybridized carbons (Fsp3) is 0.562. The highest BCUT2D eigenvalue weighted by molar-refractivity contribution is 5.50. The molecule has 2 aliphatic rings. The molecule has 1 atom stereocenters. The van der Waals surface area contributed by atoms with Crippen LogP contribution in [0, 0.1) is 0 Å². The Labute approximate surface area is 125 Å². The van der Waals surface area contributed by atoms with Crippen molar-refractivity contribution in [1.29, 1.82) is 0 Å². The third kappa shape index (κ3) is 2.41. The minimum absolute atomic E-state index is 0.469. The molecule has 21 heavy (non-hydrogen) atoms. The van der Waals surface area contributed by atoms with Crippen LogP contribution in [0.25, 0.3) is 0 Å². The second-order valence-electron chi connectivity index (χ2n) is 6.06. The quantitative estimate of drug-likeness (QED) is 0.794. The minimum atomic E-state index is 0.469. The van der Waals surface area contributed by atoms with E-state index in [9.17, 15) is 0 Å². The van der Waals surface area contributed by atoms with Gasteiger partial charge in [-0.15, -0.1) is 0 Å². The summed E-state index contributed by atoms with van der Waals surface area (Å²) >= 11 is 0. The Balaban J connectivity index is 1.60. The second kappa shape index (κ2) is 5.47. The first-order valence-electron chi connectivity index (χ1n) is 7.98. The number of nitrogens with zero attached hydrogens (tertiary/aromatic N) is 5. The summed E-state index contributed by atoms with van der Waals surface area (Å²) in [6.07, 6.45) is 12.9. The average Bonchev–Trinajstić information content (AvgIpc) is 3.13. The number of rotatable bonds is 2. The van der Waals surface area contributed by atoms with Crippen LogP contribution in [-0.4, -0.2) is 32.8 Å². The number of hydrogen-bond acceptors (Lipinski definition) is 4. The van der Waals surface area contributed by atoms with Crippen LogP contribution in [0.3, 0.4) is 0 Å². The largest absolute Gasteiger partial charge is 0.354 e. The van der Waals surface area contributed by atoms with Crippen molar-refractivity contribution in [3.05, 3.63) is 36.0 Å². The molecule has 0 spiro atoms. The second-order valence-corrected chi connectivity index (χ2v) is 6.06. The van der Waals surface area contributed by atoms with E-state index >= 15 is 0 Å². The maximum Gasteiger partial charge on any atom is 0.135 e. The van der Waals surface area contributed by atoms with Gasteiger partial charge in [0.1, 0.15) is 12.1 Å². The van der Waals surface area contributed by atoms with E-state index < -0.39 is 0 Å². The predicted octanol–water partition coefficient (Wildman–Crippen LogP) is 2.39. The van der Waals surface area contributed by atoms with Crippen LogP contribution in [0.15, 0.2) is 24.8 Å². The standard InChI is InChI=1S/C16H21N5/c1-2-5-14-15(6-3-1)17-12-18-16(14)20-10-7-13(11-20)21-9-4-8-19-21/h4,8-9,12-13H,1-3,5-7,10-11H2. The summed E-state index contributed by atoms with van der Waals surface area (Å²) in [6, 6.07) is 2.47. The van der Waals surface area contributed by atoms with Gasteiger partial charge in [0.2, 0.25) is 0 Å². The van der Waals surface area contributed by atoms with Gasteiger partial charge in [-0.05, 0) is 38.2 Å². The molecule has 110 valence electrons. The Hall–Kier alpha value is -1.91. The van der Waals surface area contributed by atoms with E-state index in [2.05, 4.69) is 30.8 Å². The van der Waals surface area contributed by atoms with Crippen LogP contribution in [0.4, 0.5) is 5.82 Å². The van der Waals surface area contributed by atoms with Gasteiger partial charge in [0.05, 0.1) is 6.04 Å². The maximum atomic E-state index is 4.62. The molecule has 0 aromatic carbocycles. The van der Waals surface area contributed by atoms with Crippen molar-refractivity contribution >= 4 is 5.82 Å². The molecule has 2 aromatic heterocycles. The first-order valence-corrected chi connectivity index (χ1v) is 7.98. The molecular weight excluding hydrogens is 262 g/mol. The van der Waals surface area contributed by atoms with Gasteiger partial charge in [-0.2, -0.15) is 5.10 Å². The molecular formula is C16H21N5. The van der Waals surface area contributed by atoms with E-state index in [0.717, 1.165) is 32.4 Å². The molecule has 1 aliphatic carbocycles. The number of aromatic nitrogens is 4. The first kappa shape index (κ1) is 12.8. The van der Waals surface area contributed by atoms with Crippen molar-refractivity contribution in [2.45, 2.75) is 44.6 Å². The van der Waals surface area contributed by atoms with Crippen LogP contribution >= 0.6 is 0 Å². The highest BCUT2D eigenvalue weighted by Gasteiger charge is 2.27. The SMILES string of the molecule is c1cnn(C2CCN(c3ncnc4c3CCCCC4)C2)c1. The summed E-state index contributed by atoms with van der Waals surface area (Å²) in [7, 11) is 0. The van der Waals surface area contributed by atoms with Gasteiger partial charge in [0.15, 0.2) is 0 Å². The van der Waals surface area contributed by atoms with Crippen molar-refractivity contribution in [1.82, 2.24) is 19.7 Å². The van der Waals surface area contributed by atoms with E-state index in [1.807, 2.05) is 12.3 Å². The fourth-order valence-electron chi connectivity index (χ4n) is 3.60. The van der Waals surface area contributed by atoms with Crippen LogP contribution < -0.4 is 4.90 Å². The van der Waals surface area contributed by atoms with Crippen molar-refractivity contribution in [2.24, 2.45) is 0 Å². The molecule has 4 rings (SSSR count). The molecule has 1 unspecified atom stereocenters. The fourth-order valence-corrected chi connectivity index (χ4v) is 3.60. The van der Waals surface area contributed by atoms with Gasteiger partial charge >= 0.3 is 0 Å². The highest BCUT2D eigenvalue weighted by Crippen LogP contribution is 2.31. The first-order chi connectivity index (χ1) is 10.4. The monoisotopic (exact) mass is 283 g/mol. The lowest BCUT2D eigenvalue weighted by Crippen LogP contribution is -2.24. The topological polar surface area (TPSA) is 46.8 Å². The zero-order valence-corrected chi connectivity index (χ0v) is 12.3. The normalized spacial score (nSPS) is 22.1. The smallest absolute Gasteiger partial charge is 0.135 e. The van der Waals surface area contributed by atoms with Crippen molar-refractivity contribution in [3.63, 3.8) is 0 Å². The summed E-state index contributed by atoms with van der Waals surface area (Å²) in [5, 5.41) is 4.39. The summed E-state index contributed by atoms with van der Waals surface area (Å²) < 4.78 is 2.08. The van der Waals surface area contributed by atoms with Gasteiger partial charge in [0.25, 0.3) is 0 Å². The van der Waals surface area contributed by atoms with Crippen molar-refractivity contribution in [2.75, 3.05) is 18.0 Å². The van der Waals surface area contributed by atoms with Crippen LogP contribution in [0.2, 0.25) is 0 Å². The molecule has 0 N–H and O–H groups in total. The highest BCUT2D eigenvalue weighted by atomic mass is 15.3. The van der Waals surface area contributed by atoms with Gasteiger partial charge in [0, 0.05) is 36.7 Å². The zero-order chi connectivity index (χ0) is 14.1. The summed E-state index contributed by atoms with van der Waals surface area (Å²) in [5.41, 5.74) is 2.68. The molecule has 1 aliphatic heterocycles. The lowest BCUT2D eigenvalue weighted by molar-refractivity contribution is 0.494. The Morgan fingerprint density at radius 2 is 2.05 bits per heavy atom. The van der Waals surface area contributed by atoms with Gasteiger partial charge < -0.3 is 4.90 Å². The predicted molar refractivity (Wildman–Crippen MR) is 81.4 cm³/mol. The number of hydrogen-bond donors (Lipinski definition) is 0. The molecule has 2 aromatic rings. The maximum absolute atomic E-state index is 4.62. The third-order valence-corrected chi connectivity index (χ3v) is 4.71.